The van der Waals surface area contributed by atoms with E-state index in [0.717, 1.165) is 30.4 Å². The van der Waals surface area contributed by atoms with Gasteiger partial charge >= 0.3 is 0 Å². The summed E-state index contributed by atoms with van der Waals surface area (Å²) in [7, 11) is 1.53. The molecule has 0 bridgehead atoms. The number of aromatic nitrogens is 1. The van der Waals surface area contributed by atoms with Gasteiger partial charge in [0.1, 0.15) is 5.75 Å². The van der Waals surface area contributed by atoms with Crippen LogP contribution in [0.3, 0.4) is 0 Å². The van der Waals surface area contributed by atoms with Crippen LogP contribution in [0.1, 0.15) is 29.9 Å². The molecule has 7 heteroatoms. The highest BCUT2D eigenvalue weighted by molar-refractivity contribution is 8.15. The van der Waals surface area contributed by atoms with Crippen LogP contribution in [0.4, 0.5) is 0 Å². The molecule has 142 valence electrons. The molecule has 0 aliphatic carbocycles. The zero-order valence-electron chi connectivity index (χ0n) is 15.6. The van der Waals surface area contributed by atoms with E-state index in [1.54, 1.807) is 36.2 Å². The summed E-state index contributed by atoms with van der Waals surface area (Å²) in [6, 6.07) is 10.9. The Kier molecular flexibility index (Phi) is 6.07. The number of carbonyl (C=O) groups is 1. The fraction of sp³-hybridized carbons (Fsp3) is 0.350. The molecule has 1 aliphatic rings. The summed E-state index contributed by atoms with van der Waals surface area (Å²) in [6.45, 7) is 5.88. The van der Waals surface area contributed by atoms with Gasteiger partial charge in [0.15, 0.2) is 5.17 Å². The number of hydrogen-bond donors (Lipinski definition) is 0. The minimum Gasteiger partial charge on any atom is -0.496 e. The zero-order chi connectivity index (χ0) is 19.4. The molecule has 27 heavy (non-hydrogen) atoms. The van der Waals surface area contributed by atoms with E-state index in [0.29, 0.717) is 16.3 Å². The minimum absolute atomic E-state index is 0.0123. The van der Waals surface area contributed by atoms with E-state index >= 15 is 0 Å². The van der Waals surface area contributed by atoms with Crippen molar-refractivity contribution in [3.8, 4) is 5.75 Å². The van der Waals surface area contributed by atoms with E-state index in [2.05, 4.69) is 28.7 Å². The fourth-order valence-corrected chi connectivity index (χ4v) is 4.23. The third-order valence-electron chi connectivity index (χ3n) is 4.16. The maximum absolute atomic E-state index is 12.8. The number of methoxy groups -OCH3 is 1. The van der Waals surface area contributed by atoms with Crippen LogP contribution in [-0.2, 0) is 6.42 Å². The number of benzene rings is 1. The fourth-order valence-electron chi connectivity index (χ4n) is 2.93. The van der Waals surface area contributed by atoms with Gasteiger partial charge in [-0.15, -0.1) is 0 Å². The summed E-state index contributed by atoms with van der Waals surface area (Å²) in [5.74, 6) is 0.119. The monoisotopic (exact) mass is 403 g/mol. The van der Waals surface area contributed by atoms with Crippen molar-refractivity contribution < 1.29 is 9.53 Å². The molecule has 1 aromatic heterocycles. The number of aliphatic imine (C=N–C) groups is 1. The number of amides is 1. The van der Waals surface area contributed by atoms with Crippen molar-refractivity contribution in [3.05, 3.63) is 58.9 Å². The molecule has 0 N–H and O–H groups in total. The second-order valence-electron chi connectivity index (χ2n) is 6.90. The van der Waals surface area contributed by atoms with Crippen LogP contribution in [0.5, 0.6) is 5.75 Å². The average Bonchev–Trinajstić information content (AvgIpc) is 2.94. The molecule has 1 aliphatic heterocycles. The van der Waals surface area contributed by atoms with E-state index in [-0.39, 0.29) is 10.7 Å². The lowest BCUT2D eigenvalue weighted by atomic mass is 10.2. The second kappa shape index (κ2) is 8.31. The first-order valence-corrected chi connectivity index (χ1v) is 9.88. The van der Waals surface area contributed by atoms with Gasteiger partial charge < -0.3 is 9.64 Å². The normalized spacial score (nSPS) is 17.3. The van der Waals surface area contributed by atoms with E-state index in [4.69, 9.17) is 16.3 Å². The number of carbonyl (C=O) groups excluding carboxylic acids is 1. The first-order chi connectivity index (χ1) is 12.9. The number of halogens is 1. The smallest absolute Gasteiger partial charge is 0.283 e. The topological polar surface area (TPSA) is 54.8 Å². The standard InChI is InChI=1S/C20H22ClN3O2S/c1-20(2)13-24(11-9-15-6-4-5-10-22-15)19(27-20)23-18(25)16-12-14(21)7-8-17(16)26-3/h4-8,10,12H,9,11,13H2,1-3H3/b23-19-. The van der Waals surface area contributed by atoms with Crippen molar-refractivity contribution in [3.63, 3.8) is 0 Å². The zero-order valence-corrected chi connectivity index (χ0v) is 17.2. The van der Waals surface area contributed by atoms with Gasteiger partial charge in [-0.3, -0.25) is 9.78 Å². The van der Waals surface area contributed by atoms with Crippen molar-refractivity contribution >= 4 is 34.4 Å². The highest BCUT2D eigenvalue weighted by Crippen LogP contribution is 2.36. The molecule has 2 aromatic rings. The molecule has 0 radical (unpaired) electrons. The molecule has 0 unspecified atom stereocenters. The number of ether oxygens (including phenoxy) is 1. The first-order valence-electron chi connectivity index (χ1n) is 8.68. The molecule has 3 rings (SSSR count). The Balaban J connectivity index is 1.81. The van der Waals surface area contributed by atoms with E-state index in [1.165, 1.54) is 7.11 Å². The maximum Gasteiger partial charge on any atom is 0.283 e. The summed E-state index contributed by atoms with van der Waals surface area (Å²) >= 11 is 7.66. The van der Waals surface area contributed by atoms with Crippen LogP contribution in [0.2, 0.25) is 5.02 Å². The van der Waals surface area contributed by atoms with Gasteiger partial charge in [-0.1, -0.05) is 29.4 Å². The Labute approximate surface area is 168 Å². The molecule has 1 fully saturated rings. The number of amidine groups is 1. The molecule has 5 nitrogen and oxygen atoms in total. The van der Waals surface area contributed by atoms with E-state index in [9.17, 15) is 4.79 Å². The Morgan fingerprint density at radius 3 is 2.89 bits per heavy atom. The Hall–Kier alpha value is -2.05. The largest absolute Gasteiger partial charge is 0.496 e. The Morgan fingerprint density at radius 1 is 1.37 bits per heavy atom. The third-order valence-corrected chi connectivity index (χ3v) is 5.61. The molecular formula is C20H22ClN3O2S. The summed E-state index contributed by atoms with van der Waals surface area (Å²) in [5, 5.41) is 1.20. The average molecular weight is 404 g/mol. The van der Waals surface area contributed by atoms with Crippen LogP contribution < -0.4 is 4.74 Å². The molecule has 0 atom stereocenters. The van der Waals surface area contributed by atoms with Gasteiger partial charge in [-0.2, -0.15) is 4.99 Å². The van der Waals surface area contributed by atoms with Crippen LogP contribution in [-0.4, -0.2) is 45.9 Å². The maximum atomic E-state index is 12.8. The van der Waals surface area contributed by atoms with E-state index in [1.807, 2.05) is 18.2 Å². The predicted molar refractivity (Wildman–Crippen MR) is 111 cm³/mol. The molecule has 1 aromatic carbocycles. The first kappa shape index (κ1) is 19.7. The number of hydrogen-bond acceptors (Lipinski definition) is 4. The predicted octanol–water partition coefficient (Wildman–Crippen LogP) is 4.31. The number of rotatable bonds is 5. The molecule has 0 saturated carbocycles. The summed E-state index contributed by atoms with van der Waals surface area (Å²) in [5.41, 5.74) is 1.39. The van der Waals surface area contributed by atoms with Gasteiger partial charge in [0.2, 0.25) is 0 Å². The van der Waals surface area contributed by atoms with Gasteiger partial charge in [0, 0.05) is 41.2 Å². The van der Waals surface area contributed by atoms with Crippen molar-refractivity contribution in [1.82, 2.24) is 9.88 Å². The van der Waals surface area contributed by atoms with Crippen LogP contribution >= 0.6 is 23.4 Å². The second-order valence-corrected chi connectivity index (χ2v) is 9.01. The quantitative estimate of drug-likeness (QED) is 0.744. The Morgan fingerprint density at radius 2 is 2.19 bits per heavy atom. The van der Waals surface area contributed by atoms with Gasteiger partial charge in [0.25, 0.3) is 5.91 Å². The van der Waals surface area contributed by atoms with Crippen molar-refractivity contribution in [2.24, 2.45) is 4.99 Å². The van der Waals surface area contributed by atoms with Crippen LogP contribution in [0.25, 0.3) is 0 Å². The minimum atomic E-state index is -0.350. The van der Waals surface area contributed by atoms with Gasteiger partial charge in [-0.25, -0.2) is 0 Å². The number of thioether (sulfide) groups is 1. The summed E-state index contributed by atoms with van der Waals surface area (Å²) in [6.07, 6.45) is 2.59. The third kappa shape index (κ3) is 5.02. The van der Waals surface area contributed by atoms with Crippen molar-refractivity contribution in [2.75, 3.05) is 20.2 Å². The molecule has 2 heterocycles. The number of nitrogens with zero attached hydrogens (tertiary/aromatic N) is 3. The van der Waals surface area contributed by atoms with Gasteiger partial charge in [0.05, 0.1) is 12.7 Å². The molecule has 1 amide bonds. The molecular weight excluding hydrogens is 382 g/mol. The van der Waals surface area contributed by atoms with E-state index < -0.39 is 0 Å². The van der Waals surface area contributed by atoms with Crippen molar-refractivity contribution in [1.29, 1.82) is 0 Å². The molecule has 1 saturated heterocycles. The lowest BCUT2D eigenvalue weighted by Crippen LogP contribution is -2.31. The Bertz CT molecular complexity index is 856. The van der Waals surface area contributed by atoms with Gasteiger partial charge in [-0.05, 0) is 44.2 Å². The highest BCUT2D eigenvalue weighted by atomic mass is 35.5. The summed E-state index contributed by atoms with van der Waals surface area (Å²) in [4.78, 5) is 23.7. The van der Waals surface area contributed by atoms with Crippen LogP contribution in [0, 0.1) is 0 Å². The lowest BCUT2D eigenvalue weighted by Gasteiger charge is -2.19. The highest BCUT2D eigenvalue weighted by Gasteiger charge is 2.35. The summed E-state index contributed by atoms with van der Waals surface area (Å²) < 4.78 is 5.27. The lowest BCUT2D eigenvalue weighted by molar-refractivity contribution is 0.0999. The number of pyridine rings is 1. The molecule has 0 spiro atoms. The SMILES string of the molecule is COc1ccc(Cl)cc1C(=O)/N=C1\SC(C)(C)CN1CCc1ccccn1. The van der Waals surface area contributed by atoms with Crippen LogP contribution in [0.15, 0.2) is 47.6 Å². The van der Waals surface area contributed by atoms with Crippen molar-refractivity contribution in [2.45, 2.75) is 25.0 Å².